The minimum atomic E-state index is -0.0718. The third-order valence-electron chi connectivity index (χ3n) is 5.98. The van der Waals surface area contributed by atoms with Gasteiger partial charge in [0.05, 0.1) is 17.9 Å². The molecule has 176 valence electrons. The van der Waals surface area contributed by atoms with Crippen LogP contribution in [-0.4, -0.2) is 34.7 Å². The second kappa shape index (κ2) is 9.79. The summed E-state index contributed by atoms with van der Waals surface area (Å²) >= 11 is 3.61. The van der Waals surface area contributed by atoms with Gasteiger partial charge in [0.15, 0.2) is 5.82 Å². The maximum atomic E-state index is 13.5. The van der Waals surface area contributed by atoms with Gasteiger partial charge in [-0.25, -0.2) is 9.89 Å². The van der Waals surface area contributed by atoms with E-state index in [2.05, 4.69) is 43.5 Å². The largest absolute Gasteiger partial charge is 0.333 e. The summed E-state index contributed by atoms with van der Waals surface area (Å²) in [7, 11) is 0. The number of hydrogen-bond acceptors (Lipinski definition) is 5. The van der Waals surface area contributed by atoms with Gasteiger partial charge >= 0.3 is 5.69 Å². The topological polar surface area (TPSA) is 94.3 Å². The second-order valence-electron chi connectivity index (χ2n) is 8.35. The van der Waals surface area contributed by atoms with Crippen molar-refractivity contribution >= 4 is 15.9 Å². The lowest BCUT2D eigenvalue weighted by Crippen LogP contribution is -2.25. The summed E-state index contributed by atoms with van der Waals surface area (Å²) in [5.41, 5.74) is 6.45. The van der Waals surface area contributed by atoms with Gasteiger partial charge in [0.1, 0.15) is 0 Å². The molecule has 0 aliphatic rings. The number of tetrazole rings is 1. The number of rotatable bonds is 7. The lowest BCUT2D eigenvalue weighted by Gasteiger charge is -2.10. The molecule has 0 aliphatic carbocycles. The molecule has 0 saturated carbocycles. The Kier molecular flexibility index (Phi) is 6.41. The van der Waals surface area contributed by atoms with Crippen molar-refractivity contribution in [2.75, 3.05) is 0 Å². The van der Waals surface area contributed by atoms with E-state index in [9.17, 15) is 4.79 Å². The van der Waals surface area contributed by atoms with Crippen molar-refractivity contribution in [2.24, 2.45) is 0 Å². The molecule has 3 aromatic heterocycles. The van der Waals surface area contributed by atoms with Crippen LogP contribution >= 0.6 is 15.9 Å². The Balaban J connectivity index is 1.49. The number of aromatic nitrogens is 7. The molecule has 1 N–H and O–H groups in total. The van der Waals surface area contributed by atoms with Gasteiger partial charge in [-0.15, -0.1) is 5.10 Å². The number of benzene rings is 2. The first-order valence-corrected chi connectivity index (χ1v) is 12.2. The van der Waals surface area contributed by atoms with E-state index in [0.29, 0.717) is 12.4 Å². The van der Waals surface area contributed by atoms with Gasteiger partial charge < -0.3 is 0 Å². The molecule has 5 aromatic rings. The number of nitrogens with one attached hydrogen (secondary N) is 1. The maximum absolute atomic E-state index is 13.5. The first kappa shape index (κ1) is 22.9. The molecule has 0 spiro atoms. The molecule has 0 aliphatic heterocycles. The van der Waals surface area contributed by atoms with Crippen LogP contribution in [0.1, 0.15) is 30.3 Å². The van der Waals surface area contributed by atoms with Crippen molar-refractivity contribution in [1.82, 2.24) is 34.7 Å². The highest BCUT2D eigenvalue weighted by Crippen LogP contribution is 2.29. The predicted octanol–water partition coefficient (Wildman–Crippen LogP) is 4.95. The standard InChI is InChI=1S/C26H24BrN7O/c1-3-7-20-16-34(24-17(2)8-6-11-23(24)27)26(35)33(20)15-19-13-12-18(14-28-19)21-9-4-5-10-22(21)25-29-31-32-30-25/h4-6,8-14,16H,3,7,15H2,1-2H3,(H,29,30,31,32). The van der Waals surface area contributed by atoms with E-state index >= 15 is 0 Å². The first-order chi connectivity index (χ1) is 17.1. The van der Waals surface area contributed by atoms with Crippen LogP contribution < -0.4 is 5.69 Å². The second-order valence-corrected chi connectivity index (χ2v) is 9.20. The quantitative estimate of drug-likeness (QED) is 0.321. The lowest BCUT2D eigenvalue weighted by molar-refractivity contribution is 0.679. The van der Waals surface area contributed by atoms with Crippen molar-refractivity contribution in [1.29, 1.82) is 0 Å². The molecule has 0 atom stereocenters. The summed E-state index contributed by atoms with van der Waals surface area (Å²) in [5.74, 6) is 0.601. The van der Waals surface area contributed by atoms with Crippen LogP contribution in [-0.2, 0) is 13.0 Å². The van der Waals surface area contributed by atoms with Crippen LogP contribution in [0.25, 0.3) is 28.2 Å². The highest BCUT2D eigenvalue weighted by molar-refractivity contribution is 9.10. The summed E-state index contributed by atoms with van der Waals surface area (Å²) in [4.78, 5) is 18.2. The number of imidazole rings is 1. The van der Waals surface area contributed by atoms with Gasteiger partial charge in [-0.05, 0) is 63.0 Å². The van der Waals surface area contributed by atoms with Crippen molar-refractivity contribution in [2.45, 2.75) is 33.2 Å². The average molecular weight is 530 g/mol. The average Bonchev–Trinajstić information content (AvgIpc) is 3.50. The number of pyridine rings is 1. The van der Waals surface area contributed by atoms with Gasteiger partial charge in [-0.1, -0.05) is 55.8 Å². The monoisotopic (exact) mass is 529 g/mol. The van der Waals surface area contributed by atoms with Crippen LogP contribution in [0.15, 0.2) is 76.3 Å². The highest BCUT2D eigenvalue weighted by Gasteiger charge is 2.17. The molecule has 0 fully saturated rings. The van der Waals surface area contributed by atoms with E-state index in [1.165, 1.54) is 0 Å². The number of H-pyrrole nitrogens is 1. The molecule has 8 nitrogen and oxygen atoms in total. The summed E-state index contributed by atoms with van der Waals surface area (Å²) in [6, 6.07) is 17.8. The zero-order valence-corrected chi connectivity index (χ0v) is 21.0. The number of para-hydroxylation sites is 1. The number of hydrogen-bond donors (Lipinski definition) is 1. The number of aryl methyl sites for hydroxylation is 2. The molecular formula is C26H24BrN7O. The number of aromatic amines is 1. The zero-order chi connectivity index (χ0) is 24.4. The third kappa shape index (κ3) is 4.46. The van der Waals surface area contributed by atoms with Gasteiger partial charge in [-0.3, -0.25) is 14.1 Å². The maximum Gasteiger partial charge on any atom is 0.333 e. The summed E-state index contributed by atoms with van der Waals surface area (Å²) in [6.45, 7) is 4.53. The molecular weight excluding hydrogens is 506 g/mol. The Morgan fingerprint density at radius 3 is 2.54 bits per heavy atom. The first-order valence-electron chi connectivity index (χ1n) is 11.4. The van der Waals surface area contributed by atoms with E-state index in [1.54, 1.807) is 4.57 Å². The Morgan fingerprint density at radius 2 is 1.86 bits per heavy atom. The van der Waals surface area contributed by atoms with E-state index in [1.807, 2.05) is 78.5 Å². The predicted molar refractivity (Wildman–Crippen MR) is 138 cm³/mol. The van der Waals surface area contributed by atoms with Crippen molar-refractivity contribution < 1.29 is 0 Å². The molecule has 35 heavy (non-hydrogen) atoms. The van der Waals surface area contributed by atoms with Crippen LogP contribution in [0.3, 0.4) is 0 Å². The van der Waals surface area contributed by atoms with E-state index in [-0.39, 0.29) is 5.69 Å². The van der Waals surface area contributed by atoms with Crippen molar-refractivity contribution in [3.63, 3.8) is 0 Å². The van der Waals surface area contributed by atoms with Crippen molar-refractivity contribution in [3.05, 3.63) is 98.9 Å². The summed E-state index contributed by atoms with van der Waals surface area (Å²) < 4.78 is 4.45. The molecule has 0 amide bonds. The minimum absolute atomic E-state index is 0.0718. The van der Waals surface area contributed by atoms with Gasteiger partial charge in [-0.2, -0.15) is 0 Å². The fraction of sp³-hybridized carbons (Fsp3) is 0.192. The highest BCUT2D eigenvalue weighted by atomic mass is 79.9. The van der Waals surface area contributed by atoms with Gasteiger partial charge in [0.2, 0.25) is 0 Å². The number of halogens is 1. The van der Waals surface area contributed by atoms with Gasteiger partial charge in [0, 0.05) is 33.7 Å². The van der Waals surface area contributed by atoms with Crippen LogP contribution in [0.5, 0.6) is 0 Å². The Labute approximate surface area is 210 Å². The molecule has 5 rings (SSSR count). The minimum Gasteiger partial charge on any atom is -0.290 e. The fourth-order valence-corrected chi connectivity index (χ4v) is 4.95. The van der Waals surface area contributed by atoms with Crippen LogP contribution in [0.2, 0.25) is 0 Å². The SMILES string of the molecule is CCCc1cn(-c2c(C)cccc2Br)c(=O)n1Cc1ccc(-c2ccccc2-c2nnn[nH]2)cn1. The Hall–Kier alpha value is -3.85. The van der Waals surface area contributed by atoms with Crippen LogP contribution in [0.4, 0.5) is 0 Å². The molecule has 9 heteroatoms. The smallest absolute Gasteiger partial charge is 0.290 e. The van der Waals surface area contributed by atoms with E-state index in [4.69, 9.17) is 4.98 Å². The molecule has 0 saturated heterocycles. The Morgan fingerprint density at radius 1 is 1.03 bits per heavy atom. The molecule has 3 heterocycles. The summed E-state index contributed by atoms with van der Waals surface area (Å²) in [6.07, 6.45) is 5.53. The van der Waals surface area contributed by atoms with Crippen LogP contribution in [0, 0.1) is 6.92 Å². The zero-order valence-electron chi connectivity index (χ0n) is 19.4. The molecule has 0 radical (unpaired) electrons. The normalized spacial score (nSPS) is 11.2. The van der Waals surface area contributed by atoms with Gasteiger partial charge in [0.25, 0.3) is 0 Å². The molecule has 2 aromatic carbocycles. The lowest BCUT2D eigenvalue weighted by atomic mass is 10.0. The van der Waals surface area contributed by atoms with E-state index in [0.717, 1.165) is 56.6 Å². The van der Waals surface area contributed by atoms with Crippen molar-refractivity contribution in [3.8, 4) is 28.2 Å². The Bertz CT molecular complexity index is 1500. The molecule has 0 bridgehead atoms. The van der Waals surface area contributed by atoms with E-state index < -0.39 is 0 Å². The molecule has 0 unspecified atom stereocenters. The summed E-state index contributed by atoms with van der Waals surface area (Å²) in [5, 5.41) is 14.2. The fourth-order valence-electron chi connectivity index (χ4n) is 4.29. The third-order valence-corrected chi connectivity index (χ3v) is 6.62. The number of nitrogens with zero attached hydrogens (tertiary/aromatic N) is 6.